The number of benzene rings is 2. The lowest BCUT2D eigenvalue weighted by Gasteiger charge is -2.18. The SMILES string of the molecule is Cc1cc(C(=O)NC(CC(C)C)c2nc3ccccc3[nH]2)nn1-c1ccccc1. The standard InChI is InChI=1S/C23H25N5O/c1-15(2)13-20(22-24-18-11-7-8-12-19(18)25-22)26-23(29)21-14-16(3)28(27-21)17-9-5-4-6-10-17/h4-12,14-15,20H,13H2,1-3H3,(H,24,25)(H,26,29). The van der Waals surface area contributed by atoms with Crippen LogP contribution in [0.3, 0.4) is 0 Å². The van der Waals surface area contributed by atoms with Gasteiger partial charge in [0.25, 0.3) is 5.91 Å². The van der Waals surface area contributed by atoms with Gasteiger partial charge < -0.3 is 10.3 Å². The molecule has 0 aliphatic carbocycles. The summed E-state index contributed by atoms with van der Waals surface area (Å²) in [7, 11) is 0. The molecule has 0 saturated carbocycles. The average molecular weight is 387 g/mol. The van der Waals surface area contributed by atoms with Crippen LogP contribution in [0.15, 0.2) is 60.7 Å². The minimum absolute atomic E-state index is 0.200. The predicted octanol–water partition coefficient (Wildman–Crippen LogP) is 4.57. The highest BCUT2D eigenvalue weighted by Gasteiger charge is 2.22. The lowest BCUT2D eigenvalue weighted by molar-refractivity contribution is 0.0924. The van der Waals surface area contributed by atoms with Crippen LogP contribution in [-0.4, -0.2) is 25.7 Å². The van der Waals surface area contributed by atoms with E-state index in [0.717, 1.165) is 34.7 Å². The van der Waals surface area contributed by atoms with E-state index in [1.165, 1.54) is 0 Å². The molecule has 2 aromatic heterocycles. The summed E-state index contributed by atoms with van der Waals surface area (Å²) in [5, 5.41) is 7.65. The van der Waals surface area contributed by atoms with Gasteiger partial charge in [0, 0.05) is 5.69 Å². The van der Waals surface area contributed by atoms with Crippen molar-refractivity contribution >= 4 is 16.9 Å². The molecular formula is C23H25N5O. The maximum atomic E-state index is 13.0. The number of amides is 1. The van der Waals surface area contributed by atoms with Gasteiger partial charge in [-0.05, 0) is 49.6 Å². The van der Waals surface area contributed by atoms with E-state index in [2.05, 4.69) is 34.2 Å². The number of nitrogens with one attached hydrogen (secondary N) is 2. The molecular weight excluding hydrogens is 362 g/mol. The second-order valence-electron chi connectivity index (χ2n) is 7.71. The van der Waals surface area contributed by atoms with E-state index in [-0.39, 0.29) is 11.9 Å². The molecule has 148 valence electrons. The molecule has 0 saturated heterocycles. The Morgan fingerprint density at radius 1 is 1.10 bits per heavy atom. The van der Waals surface area contributed by atoms with Gasteiger partial charge in [-0.25, -0.2) is 9.67 Å². The number of aryl methyl sites for hydroxylation is 1. The Morgan fingerprint density at radius 2 is 1.83 bits per heavy atom. The van der Waals surface area contributed by atoms with Crippen molar-refractivity contribution in [1.29, 1.82) is 0 Å². The van der Waals surface area contributed by atoms with Crippen LogP contribution in [0.4, 0.5) is 0 Å². The van der Waals surface area contributed by atoms with Crippen LogP contribution in [0.25, 0.3) is 16.7 Å². The van der Waals surface area contributed by atoms with Crippen molar-refractivity contribution in [2.45, 2.75) is 33.2 Å². The smallest absolute Gasteiger partial charge is 0.272 e. The molecule has 0 aliphatic heterocycles. The quantitative estimate of drug-likeness (QED) is 0.509. The first-order valence-electron chi connectivity index (χ1n) is 9.89. The number of H-pyrrole nitrogens is 1. The molecule has 0 aliphatic rings. The highest BCUT2D eigenvalue weighted by Crippen LogP contribution is 2.22. The third kappa shape index (κ3) is 4.06. The van der Waals surface area contributed by atoms with Crippen LogP contribution in [0.5, 0.6) is 0 Å². The van der Waals surface area contributed by atoms with Gasteiger partial charge in [-0.1, -0.05) is 44.2 Å². The molecule has 2 heterocycles. The second kappa shape index (κ2) is 7.91. The first-order valence-corrected chi connectivity index (χ1v) is 9.89. The summed E-state index contributed by atoms with van der Waals surface area (Å²) in [6, 6.07) is 19.3. The van der Waals surface area contributed by atoms with Gasteiger partial charge in [0.1, 0.15) is 5.82 Å². The van der Waals surface area contributed by atoms with Crippen LogP contribution in [0.1, 0.15) is 48.3 Å². The Morgan fingerprint density at radius 3 is 2.55 bits per heavy atom. The Hall–Kier alpha value is -3.41. The summed E-state index contributed by atoms with van der Waals surface area (Å²) in [6.45, 7) is 6.22. The summed E-state index contributed by atoms with van der Waals surface area (Å²) in [4.78, 5) is 21.0. The summed E-state index contributed by atoms with van der Waals surface area (Å²) in [5.41, 5.74) is 4.10. The van der Waals surface area contributed by atoms with E-state index in [1.807, 2.05) is 67.6 Å². The summed E-state index contributed by atoms with van der Waals surface area (Å²) in [5.74, 6) is 0.971. The van der Waals surface area contributed by atoms with E-state index in [0.29, 0.717) is 11.6 Å². The number of hydrogen-bond acceptors (Lipinski definition) is 3. The topological polar surface area (TPSA) is 75.6 Å². The average Bonchev–Trinajstić information content (AvgIpc) is 3.31. The molecule has 2 N–H and O–H groups in total. The minimum Gasteiger partial charge on any atom is -0.341 e. The number of carbonyl (C=O) groups excluding carboxylic acids is 1. The summed E-state index contributed by atoms with van der Waals surface area (Å²) in [6.07, 6.45) is 0.782. The molecule has 0 spiro atoms. The molecule has 6 nitrogen and oxygen atoms in total. The number of aromatic amines is 1. The van der Waals surface area contributed by atoms with Gasteiger partial charge in [-0.15, -0.1) is 0 Å². The molecule has 1 unspecified atom stereocenters. The van der Waals surface area contributed by atoms with Crippen LogP contribution in [-0.2, 0) is 0 Å². The Labute approximate surface area is 170 Å². The molecule has 4 rings (SSSR count). The third-order valence-corrected chi connectivity index (χ3v) is 4.87. The molecule has 1 atom stereocenters. The Bertz CT molecular complexity index is 1090. The van der Waals surface area contributed by atoms with Crippen molar-refractivity contribution in [3.63, 3.8) is 0 Å². The van der Waals surface area contributed by atoms with Crippen LogP contribution < -0.4 is 5.32 Å². The predicted molar refractivity (Wildman–Crippen MR) is 114 cm³/mol. The summed E-state index contributed by atoms with van der Waals surface area (Å²) < 4.78 is 1.79. The zero-order valence-electron chi connectivity index (χ0n) is 16.9. The highest BCUT2D eigenvalue weighted by atomic mass is 16.2. The number of imidazole rings is 1. The Kier molecular flexibility index (Phi) is 5.16. The first kappa shape index (κ1) is 18.9. The zero-order chi connectivity index (χ0) is 20.4. The van der Waals surface area contributed by atoms with E-state index in [1.54, 1.807) is 4.68 Å². The highest BCUT2D eigenvalue weighted by molar-refractivity contribution is 5.92. The largest absolute Gasteiger partial charge is 0.341 e. The van der Waals surface area contributed by atoms with Crippen molar-refractivity contribution in [1.82, 2.24) is 25.1 Å². The van der Waals surface area contributed by atoms with E-state index >= 15 is 0 Å². The van der Waals surface area contributed by atoms with Crippen LogP contribution in [0.2, 0.25) is 0 Å². The second-order valence-corrected chi connectivity index (χ2v) is 7.71. The number of fused-ring (bicyclic) bond motifs is 1. The van der Waals surface area contributed by atoms with Gasteiger partial charge in [0.2, 0.25) is 0 Å². The van der Waals surface area contributed by atoms with Gasteiger partial charge >= 0.3 is 0 Å². The van der Waals surface area contributed by atoms with Gasteiger partial charge in [0.15, 0.2) is 5.69 Å². The number of rotatable bonds is 6. The van der Waals surface area contributed by atoms with Crippen molar-refractivity contribution in [3.05, 3.63) is 77.9 Å². The maximum absolute atomic E-state index is 13.0. The molecule has 0 bridgehead atoms. The van der Waals surface area contributed by atoms with E-state index in [4.69, 9.17) is 0 Å². The fourth-order valence-corrected chi connectivity index (χ4v) is 3.50. The minimum atomic E-state index is -0.211. The fraction of sp³-hybridized carbons (Fsp3) is 0.261. The summed E-state index contributed by atoms with van der Waals surface area (Å²) >= 11 is 0. The number of para-hydroxylation sites is 3. The van der Waals surface area contributed by atoms with Crippen LogP contribution in [0, 0.1) is 12.8 Å². The zero-order valence-corrected chi connectivity index (χ0v) is 16.9. The first-order chi connectivity index (χ1) is 14.0. The molecule has 6 heteroatoms. The number of hydrogen-bond donors (Lipinski definition) is 2. The van der Waals surface area contributed by atoms with E-state index < -0.39 is 0 Å². The van der Waals surface area contributed by atoms with Crippen molar-refractivity contribution in [2.75, 3.05) is 0 Å². The number of carbonyl (C=O) groups is 1. The van der Waals surface area contributed by atoms with Gasteiger partial charge in [-0.2, -0.15) is 5.10 Å². The van der Waals surface area contributed by atoms with Crippen molar-refractivity contribution in [2.24, 2.45) is 5.92 Å². The normalized spacial score (nSPS) is 12.4. The molecule has 29 heavy (non-hydrogen) atoms. The number of nitrogens with zero attached hydrogens (tertiary/aromatic N) is 3. The van der Waals surface area contributed by atoms with Gasteiger partial charge in [0.05, 0.1) is 22.8 Å². The van der Waals surface area contributed by atoms with Crippen molar-refractivity contribution < 1.29 is 4.79 Å². The molecule has 0 fully saturated rings. The van der Waals surface area contributed by atoms with Crippen LogP contribution >= 0.6 is 0 Å². The van der Waals surface area contributed by atoms with Gasteiger partial charge in [-0.3, -0.25) is 4.79 Å². The lowest BCUT2D eigenvalue weighted by atomic mass is 10.0. The molecule has 4 aromatic rings. The maximum Gasteiger partial charge on any atom is 0.272 e. The van der Waals surface area contributed by atoms with E-state index in [9.17, 15) is 4.79 Å². The third-order valence-electron chi connectivity index (χ3n) is 4.87. The lowest BCUT2D eigenvalue weighted by Crippen LogP contribution is -2.30. The Balaban J connectivity index is 1.60. The van der Waals surface area contributed by atoms with Crippen molar-refractivity contribution in [3.8, 4) is 5.69 Å². The number of aromatic nitrogens is 4. The fourth-order valence-electron chi connectivity index (χ4n) is 3.50. The molecule has 0 radical (unpaired) electrons. The monoisotopic (exact) mass is 387 g/mol. The molecule has 1 amide bonds. The molecule has 2 aromatic carbocycles.